The van der Waals surface area contributed by atoms with Gasteiger partial charge in [-0.1, -0.05) is 71.6 Å². The molecule has 0 saturated carbocycles. The Bertz CT molecular complexity index is 314. The Morgan fingerprint density at radius 1 is 0.800 bits per heavy atom. The summed E-state index contributed by atoms with van der Waals surface area (Å²) in [7, 11) is -4.14. The van der Waals surface area contributed by atoms with Crippen LogP contribution in [0, 0.1) is 0 Å². The van der Waals surface area contributed by atoms with Crippen LogP contribution in [-0.4, -0.2) is 29.4 Å². The van der Waals surface area contributed by atoms with Gasteiger partial charge in [0.2, 0.25) is 0 Å². The molecule has 0 amide bonds. The van der Waals surface area contributed by atoms with E-state index >= 15 is 0 Å². The smallest absolute Gasteiger partial charge is 0.270 e. The van der Waals surface area contributed by atoms with Crippen LogP contribution in [0.5, 0.6) is 0 Å². The van der Waals surface area contributed by atoms with Crippen LogP contribution in [0.3, 0.4) is 0 Å². The van der Waals surface area contributed by atoms with Gasteiger partial charge in [0, 0.05) is 0 Å². The molecule has 2 unspecified atom stereocenters. The number of aliphatic hydroxyl groups excluding tert-OH is 1. The second kappa shape index (κ2) is 11.5. The first-order valence-electron chi connectivity index (χ1n) is 8.07. The molecular weight excluding hydrogens is 276 g/mol. The Morgan fingerprint density at radius 2 is 1.30 bits per heavy atom. The van der Waals surface area contributed by atoms with Crippen LogP contribution in [-0.2, 0) is 10.1 Å². The maximum Gasteiger partial charge on any atom is 0.270 e. The van der Waals surface area contributed by atoms with Crippen LogP contribution in [0.15, 0.2) is 0 Å². The van der Waals surface area contributed by atoms with E-state index in [9.17, 15) is 18.1 Å². The molecule has 122 valence electrons. The van der Waals surface area contributed by atoms with Gasteiger partial charge in [0.05, 0.1) is 6.10 Å². The summed E-state index contributed by atoms with van der Waals surface area (Å²) < 4.78 is 31.7. The number of hydrogen-bond acceptors (Lipinski definition) is 3. The van der Waals surface area contributed by atoms with E-state index in [1.54, 1.807) is 0 Å². The largest absolute Gasteiger partial charge is 0.392 e. The van der Waals surface area contributed by atoms with E-state index in [1.807, 2.05) is 6.92 Å². The molecule has 0 heterocycles. The van der Waals surface area contributed by atoms with Crippen LogP contribution in [0.1, 0.15) is 84.5 Å². The third-order valence-electron chi connectivity index (χ3n) is 3.76. The van der Waals surface area contributed by atoms with Crippen LogP contribution >= 0.6 is 0 Å². The maximum atomic E-state index is 11.3. The molecule has 2 N–H and O–H groups in total. The standard InChI is InChI=1S/C15H32O4S/c1-3-5-7-8-9-10-11-12-14(16)15(13-6-4-2)20(17,18)19/h14-16H,3-13H2,1-2H3,(H,17,18,19). The van der Waals surface area contributed by atoms with Gasteiger partial charge in [0.1, 0.15) is 5.25 Å². The highest BCUT2D eigenvalue weighted by Crippen LogP contribution is 2.18. The molecular formula is C15H32O4S. The summed E-state index contributed by atoms with van der Waals surface area (Å²) in [5.74, 6) is 0. The zero-order valence-corrected chi connectivity index (χ0v) is 13.9. The third-order valence-corrected chi connectivity index (χ3v) is 5.07. The minimum atomic E-state index is -4.14. The molecule has 0 aliphatic heterocycles. The van der Waals surface area contributed by atoms with E-state index in [-0.39, 0.29) is 0 Å². The summed E-state index contributed by atoms with van der Waals surface area (Å²) in [4.78, 5) is 0. The summed E-state index contributed by atoms with van der Waals surface area (Å²) in [6, 6.07) is 0. The average Bonchev–Trinajstić information content (AvgIpc) is 2.36. The molecule has 0 bridgehead atoms. The molecule has 0 aliphatic rings. The van der Waals surface area contributed by atoms with Gasteiger partial charge in [-0.3, -0.25) is 4.55 Å². The van der Waals surface area contributed by atoms with Crippen molar-refractivity contribution in [2.75, 3.05) is 0 Å². The zero-order valence-electron chi connectivity index (χ0n) is 13.1. The SMILES string of the molecule is CCCCCCCCCC(O)C(CCCC)S(=O)(=O)O. The van der Waals surface area contributed by atoms with Crippen molar-refractivity contribution in [1.82, 2.24) is 0 Å². The van der Waals surface area contributed by atoms with E-state index in [2.05, 4.69) is 6.92 Å². The molecule has 5 heteroatoms. The van der Waals surface area contributed by atoms with Crippen LogP contribution < -0.4 is 0 Å². The van der Waals surface area contributed by atoms with Crippen LogP contribution in [0.2, 0.25) is 0 Å². The first-order chi connectivity index (χ1) is 9.43. The predicted molar refractivity (Wildman–Crippen MR) is 83.5 cm³/mol. The molecule has 0 spiro atoms. The number of unbranched alkanes of at least 4 members (excludes halogenated alkanes) is 7. The van der Waals surface area contributed by atoms with Crippen LogP contribution in [0.4, 0.5) is 0 Å². The maximum absolute atomic E-state index is 11.3. The number of rotatable bonds is 13. The van der Waals surface area contributed by atoms with Crippen molar-refractivity contribution >= 4 is 10.1 Å². The van der Waals surface area contributed by atoms with Gasteiger partial charge in [-0.25, -0.2) is 0 Å². The Balaban J connectivity index is 3.93. The van der Waals surface area contributed by atoms with E-state index in [0.717, 1.165) is 25.7 Å². The molecule has 0 fully saturated rings. The first kappa shape index (κ1) is 19.9. The molecule has 4 nitrogen and oxygen atoms in total. The highest BCUT2D eigenvalue weighted by atomic mass is 32.2. The van der Waals surface area contributed by atoms with Gasteiger partial charge in [-0.05, 0) is 12.8 Å². The van der Waals surface area contributed by atoms with Gasteiger partial charge in [0.25, 0.3) is 10.1 Å². The van der Waals surface area contributed by atoms with Crippen molar-refractivity contribution in [1.29, 1.82) is 0 Å². The number of hydrogen-bond donors (Lipinski definition) is 2. The van der Waals surface area contributed by atoms with Gasteiger partial charge < -0.3 is 5.11 Å². The third kappa shape index (κ3) is 9.72. The monoisotopic (exact) mass is 308 g/mol. The highest BCUT2D eigenvalue weighted by molar-refractivity contribution is 7.86. The lowest BCUT2D eigenvalue weighted by molar-refractivity contribution is 0.146. The van der Waals surface area contributed by atoms with E-state index < -0.39 is 21.5 Å². The zero-order chi connectivity index (χ0) is 15.4. The van der Waals surface area contributed by atoms with Crippen molar-refractivity contribution < 1.29 is 18.1 Å². The predicted octanol–water partition coefficient (Wildman–Crippen LogP) is 3.93. The second-order valence-corrected chi connectivity index (χ2v) is 7.31. The molecule has 0 radical (unpaired) electrons. The molecule has 0 aliphatic carbocycles. The molecule has 0 aromatic heterocycles. The number of aliphatic hydroxyl groups is 1. The van der Waals surface area contributed by atoms with E-state index in [4.69, 9.17) is 0 Å². The minimum absolute atomic E-state index is 0.340. The fraction of sp³-hybridized carbons (Fsp3) is 1.00. The fourth-order valence-electron chi connectivity index (χ4n) is 2.44. The lowest BCUT2D eigenvalue weighted by atomic mass is 10.0. The highest BCUT2D eigenvalue weighted by Gasteiger charge is 2.29. The molecule has 2 atom stereocenters. The Hall–Kier alpha value is -0.130. The van der Waals surface area contributed by atoms with Crippen LogP contribution in [0.25, 0.3) is 0 Å². The van der Waals surface area contributed by atoms with Gasteiger partial charge in [-0.15, -0.1) is 0 Å². The molecule has 0 aromatic rings. The normalized spacial score (nSPS) is 15.2. The summed E-state index contributed by atoms with van der Waals surface area (Å²) >= 11 is 0. The first-order valence-corrected chi connectivity index (χ1v) is 9.58. The lowest BCUT2D eigenvalue weighted by Crippen LogP contribution is -2.33. The van der Waals surface area contributed by atoms with E-state index in [1.165, 1.54) is 25.7 Å². The topological polar surface area (TPSA) is 74.6 Å². The van der Waals surface area contributed by atoms with Crippen molar-refractivity contribution in [2.45, 2.75) is 95.8 Å². The van der Waals surface area contributed by atoms with Crippen molar-refractivity contribution in [3.63, 3.8) is 0 Å². The van der Waals surface area contributed by atoms with Gasteiger partial charge in [-0.2, -0.15) is 8.42 Å². The molecule has 0 rings (SSSR count). The fourth-order valence-corrected chi connectivity index (χ4v) is 3.44. The van der Waals surface area contributed by atoms with Crippen molar-refractivity contribution in [3.8, 4) is 0 Å². The summed E-state index contributed by atoms with van der Waals surface area (Å²) in [5, 5.41) is 8.96. The van der Waals surface area contributed by atoms with Crippen molar-refractivity contribution in [3.05, 3.63) is 0 Å². The van der Waals surface area contributed by atoms with Gasteiger partial charge >= 0.3 is 0 Å². The molecule has 20 heavy (non-hydrogen) atoms. The molecule has 0 aromatic carbocycles. The second-order valence-electron chi connectivity index (χ2n) is 5.67. The quantitative estimate of drug-likeness (QED) is 0.399. The Kier molecular flexibility index (Phi) is 11.4. The van der Waals surface area contributed by atoms with Gasteiger partial charge in [0.15, 0.2) is 0 Å². The van der Waals surface area contributed by atoms with E-state index in [0.29, 0.717) is 19.3 Å². The summed E-state index contributed by atoms with van der Waals surface area (Å²) in [5.41, 5.74) is 0. The Labute approximate surface area is 124 Å². The average molecular weight is 308 g/mol. The molecule has 0 saturated heterocycles. The van der Waals surface area contributed by atoms with Crippen molar-refractivity contribution in [2.24, 2.45) is 0 Å². The minimum Gasteiger partial charge on any atom is -0.392 e. The summed E-state index contributed by atoms with van der Waals surface area (Å²) in [6.07, 6.45) is 9.37. The lowest BCUT2D eigenvalue weighted by Gasteiger charge is -2.20. The Morgan fingerprint density at radius 3 is 1.80 bits per heavy atom. The summed E-state index contributed by atoms with van der Waals surface area (Å²) in [6.45, 7) is 4.14.